The first-order valence-corrected chi connectivity index (χ1v) is 9.79. The van der Waals surface area contributed by atoms with E-state index in [0.29, 0.717) is 11.5 Å². The third kappa shape index (κ3) is 4.27. The van der Waals surface area contributed by atoms with Crippen LogP contribution in [-0.4, -0.2) is 55.4 Å². The molecule has 2 fully saturated rings. The number of aliphatic hydroxyl groups excluding tert-OH is 1. The predicted molar refractivity (Wildman–Crippen MR) is 106 cm³/mol. The number of amides is 1. The second kappa shape index (κ2) is 9.01. The van der Waals surface area contributed by atoms with E-state index in [1.54, 1.807) is 18.2 Å². The van der Waals surface area contributed by atoms with E-state index >= 15 is 0 Å². The van der Waals surface area contributed by atoms with Crippen molar-refractivity contribution in [1.82, 2.24) is 5.32 Å². The minimum atomic E-state index is -1.07. The maximum absolute atomic E-state index is 11.8. The number of nitrogens with one attached hydrogen (secondary N) is 1. The molecule has 2 aliphatic heterocycles. The molecule has 8 heteroatoms. The molecule has 0 unspecified atom stereocenters. The maximum atomic E-state index is 11.8. The van der Waals surface area contributed by atoms with Gasteiger partial charge in [-0.15, -0.1) is 0 Å². The van der Waals surface area contributed by atoms with Crippen LogP contribution in [0.3, 0.4) is 0 Å². The molecule has 0 spiro atoms. The van der Waals surface area contributed by atoms with E-state index in [2.05, 4.69) is 5.32 Å². The summed E-state index contributed by atoms with van der Waals surface area (Å²) >= 11 is 0. The summed E-state index contributed by atoms with van der Waals surface area (Å²) < 4.78 is 29.2. The van der Waals surface area contributed by atoms with Gasteiger partial charge in [-0.05, 0) is 12.1 Å². The molecule has 8 nitrogen and oxygen atoms in total. The van der Waals surface area contributed by atoms with E-state index in [9.17, 15) is 9.90 Å². The Kier molecular flexibility index (Phi) is 6.19. The molecule has 0 aliphatic carbocycles. The topological polar surface area (TPSA) is 95.5 Å². The molecule has 4 rings (SSSR count). The number of carbonyl (C=O) groups excluding carboxylic acids is 1. The quantitative estimate of drug-likeness (QED) is 0.769. The molecule has 0 aromatic heterocycles. The number of rotatable bonds is 5. The Morgan fingerprint density at radius 2 is 1.77 bits per heavy atom. The van der Waals surface area contributed by atoms with Crippen molar-refractivity contribution in [3.05, 3.63) is 60.2 Å². The summed E-state index contributed by atoms with van der Waals surface area (Å²) in [5.41, 5.74) is 0.839. The van der Waals surface area contributed by atoms with Crippen LogP contribution in [0.15, 0.2) is 54.6 Å². The normalized spacial score (nSPS) is 30.8. The summed E-state index contributed by atoms with van der Waals surface area (Å²) in [7, 11) is 1.53. The fourth-order valence-electron chi connectivity index (χ4n) is 3.70. The van der Waals surface area contributed by atoms with Crippen molar-refractivity contribution in [2.24, 2.45) is 0 Å². The Hall–Kier alpha value is -2.65. The van der Waals surface area contributed by atoms with Crippen molar-refractivity contribution in [2.45, 2.75) is 43.9 Å². The average molecular weight is 415 g/mol. The molecule has 2 saturated heterocycles. The highest BCUT2D eigenvalue weighted by Gasteiger charge is 2.50. The Labute approximate surface area is 174 Å². The highest BCUT2D eigenvalue weighted by atomic mass is 16.7. The van der Waals surface area contributed by atoms with Crippen LogP contribution in [0.2, 0.25) is 0 Å². The van der Waals surface area contributed by atoms with E-state index in [-0.39, 0.29) is 12.5 Å². The van der Waals surface area contributed by atoms with Crippen LogP contribution in [0.5, 0.6) is 11.5 Å². The van der Waals surface area contributed by atoms with E-state index in [1.165, 1.54) is 14.0 Å². The third-order valence-electron chi connectivity index (χ3n) is 5.12. The summed E-state index contributed by atoms with van der Waals surface area (Å²) in [6, 6.07) is 15.7. The number of hydrogen-bond acceptors (Lipinski definition) is 7. The zero-order valence-corrected chi connectivity index (χ0v) is 16.8. The minimum Gasteiger partial charge on any atom is -0.493 e. The summed E-state index contributed by atoms with van der Waals surface area (Å²) in [4.78, 5) is 11.8. The lowest BCUT2D eigenvalue weighted by Crippen LogP contribution is -2.67. The summed E-state index contributed by atoms with van der Waals surface area (Å²) in [6.07, 6.45) is -3.91. The van der Waals surface area contributed by atoms with Crippen LogP contribution in [0.25, 0.3) is 0 Å². The highest BCUT2D eigenvalue weighted by Crippen LogP contribution is 2.36. The molecule has 2 aliphatic rings. The zero-order valence-electron chi connectivity index (χ0n) is 16.8. The average Bonchev–Trinajstić information content (AvgIpc) is 2.77. The number of carbonyl (C=O) groups is 1. The lowest BCUT2D eigenvalue weighted by atomic mass is 9.95. The Morgan fingerprint density at radius 1 is 1.07 bits per heavy atom. The van der Waals surface area contributed by atoms with Gasteiger partial charge >= 0.3 is 0 Å². The molecule has 2 aromatic carbocycles. The van der Waals surface area contributed by atoms with Gasteiger partial charge < -0.3 is 34.1 Å². The van der Waals surface area contributed by atoms with Gasteiger partial charge in [0.25, 0.3) is 0 Å². The molecular weight excluding hydrogens is 390 g/mol. The number of para-hydroxylation sites is 2. The largest absolute Gasteiger partial charge is 0.493 e. The summed E-state index contributed by atoms with van der Waals surface area (Å²) in [5, 5.41) is 13.8. The van der Waals surface area contributed by atoms with Crippen molar-refractivity contribution in [2.75, 3.05) is 13.7 Å². The molecule has 0 saturated carbocycles. The molecule has 6 atom stereocenters. The molecule has 1 amide bonds. The van der Waals surface area contributed by atoms with Crippen LogP contribution >= 0.6 is 0 Å². The maximum Gasteiger partial charge on any atom is 0.223 e. The van der Waals surface area contributed by atoms with Gasteiger partial charge in [0.15, 0.2) is 17.8 Å². The van der Waals surface area contributed by atoms with Gasteiger partial charge in [0.05, 0.1) is 13.7 Å². The van der Waals surface area contributed by atoms with Crippen LogP contribution in [0.4, 0.5) is 0 Å². The van der Waals surface area contributed by atoms with Crippen LogP contribution in [0, 0.1) is 0 Å². The number of fused-ring (bicyclic) bond motifs is 1. The van der Waals surface area contributed by atoms with Gasteiger partial charge in [0.1, 0.15) is 24.4 Å². The van der Waals surface area contributed by atoms with Gasteiger partial charge in [0.2, 0.25) is 12.2 Å². The fourth-order valence-corrected chi connectivity index (χ4v) is 3.70. The summed E-state index contributed by atoms with van der Waals surface area (Å²) in [6.45, 7) is 1.58. The third-order valence-corrected chi connectivity index (χ3v) is 5.12. The fraction of sp³-hybridized carbons (Fsp3) is 0.409. The second-order valence-electron chi connectivity index (χ2n) is 7.21. The summed E-state index contributed by atoms with van der Waals surface area (Å²) in [5.74, 6) is 0.631. The SMILES string of the molecule is COc1ccccc1O[C@@H]1O[C@@H]2CO[C@@H](c3ccccc3)O[C@@H]2[C@H](O)[C@@H]1NC(C)=O. The molecule has 0 radical (unpaired) electrons. The second-order valence-corrected chi connectivity index (χ2v) is 7.21. The molecule has 160 valence electrons. The molecule has 2 aromatic rings. The molecule has 30 heavy (non-hydrogen) atoms. The van der Waals surface area contributed by atoms with Gasteiger partial charge in [-0.1, -0.05) is 42.5 Å². The monoisotopic (exact) mass is 415 g/mol. The van der Waals surface area contributed by atoms with Crippen molar-refractivity contribution in [3.63, 3.8) is 0 Å². The number of ether oxygens (including phenoxy) is 5. The molecule has 2 N–H and O–H groups in total. The van der Waals surface area contributed by atoms with Gasteiger partial charge in [-0.2, -0.15) is 0 Å². The van der Waals surface area contributed by atoms with E-state index in [0.717, 1.165) is 5.56 Å². The molecule has 2 heterocycles. The predicted octanol–water partition coefficient (Wildman–Crippen LogP) is 1.78. The van der Waals surface area contributed by atoms with Crippen molar-refractivity contribution in [1.29, 1.82) is 0 Å². The smallest absolute Gasteiger partial charge is 0.223 e. The van der Waals surface area contributed by atoms with Gasteiger partial charge in [-0.3, -0.25) is 4.79 Å². The molecular formula is C22H25NO7. The minimum absolute atomic E-state index is 0.208. The molecule has 0 bridgehead atoms. The first kappa shape index (κ1) is 20.6. The number of hydrogen-bond donors (Lipinski definition) is 2. The van der Waals surface area contributed by atoms with Crippen LogP contribution < -0.4 is 14.8 Å². The van der Waals surface area contributed by atoms with E-state index in [4.69, 9.17) is 23.7 Å². The number of aliphatic hydroxyl groups is 1. The Morgan fingerprint density at radius 3 is 2.47 bits per heavy atom. The first-order chi connectivity index (χ1) is 14.6. The van der Waals surface area contributed by atoms with Crippen molar-refractivity contribution < 1.29 is 33.6 Å². The standard InChI is InChI=1S/C22H25NO7/c1-13(24)23-18-19(25)20-17(12-27-21(30-20)14-8-4-3-5-9-14)29-22(18)28-16-11-7-6-10-15(16)26-2/h3-11,17-22,25H,12H2,1-2H3,(H,23,24)/t17-,18+,19-,20+,21-,22-/m1/s1. The van der Waals surface area contributed by atoms with E-state index < -0.39 is 36.9 Å². The number of methoxy groups -OCH3 is 1. The van der Waals surface area contributed by atoms with Gasteiger partial charge in [0, 0.05) is 12.5 Å². The zero-order chi connectivity index (χ0) is 21.1. The van der Waals surface area contributed by atoms with Crippen LogP contribution in [0.1, 0.15) is 18.8 Å². The Balaban J connectivity index is 1.55. The van der Waals surface area contributed by atoms with E-state index in [1.807, 2.05) is 36.4 Å². The number of benzene rings is 2. The lowest BCUT2D eigenvalue weighted by Gasteiger charge is -2.47. The van der Waals surface area contributed by atoms with Gasteiger partial charge in [-0.25, -0.2) is 0 Å². The van der Waals surface area contributed by atoms with Crippen molar-refractivity contribution >= 4 is 5.91 Å². The van der Waals surface area contributed by atoms with Crippen LogP contribution in [-0.2, 0) is 19.0 Å². The highest BCUT2D eigenvalue weighted by molar-refractivity contribution is 5.73. The van der Waals surface area contributed by atoms with Crippen molar-refractivity contribution in [3.8, 4) is 11.5 Å². The lowest BCUT2D eigenvalue weighted by molar-refractivity contribution is -0.333. The Bertz CT molecular complexity index is 862. The first-order valence-electron chi connectivity index (χ1n) is 9.79.